The summed E-state index contributed by atoms with van der Waals surface area (Å²) < 4.78 is 3.67. The SMILES string of the molecule is O=C(Nc1ccc(Sc2ccccc2Cl)cc1)c1cnns1. The van der Waals surface area contributed by atoms with Crippen LogP contribution in [0.5, 0.6) is 0 Å². The molecule has 0 spiro atoms. The predicted molar refractivity (Wildman–Crippen MR) is 89.9 cm³/mol. The van der Waals surface area contributed by atoms with Gasteiger partial charge in [-0.15, -0.1) is 5.10 Å². The Morgan fingerprint density at radius 1 is 1.14 bits per heavy atom. The fraction of sp³-hybridized carbons (Fsp3) is 0. The summed E-state index contributed by atoms with van der Waals surface area (Å²) in [6.07, 6.45) is 1.45. The van der Waals surface area contributed by atoms with Gasteiger partial charge in [-0.2, -0.15) is 0 Å². The van der Waals surface area contributed by atoms with Crippen molar-refractivity contribution in [2.75, 3.05) is 5.32 Å². The molecule has 3 rings (SSSR count). The molecule has 110 valence electrons. The first-order chi connectivity index (χ1) is 10.7. The number of carbonyl (C=O) groups is 1. The van der Waals surface area contributed by atoms with Gasteiger partial charge in [-0.05, 0) is 47.9 Å². The maximum Gasteiger partial charge on any atom is 0.269 e. The fourth-order valence-electron chi connectivity index (χ4n) is 1.72. The van der Waals surface area contributed by atoms with Crippen LogP contribution in [0.15, 0.2) is 64.5 Å². The Kier molecular flexibility index (Phi) is 4.72. The van der Waals surface area contributed by atoms with Crippen LogP contribution in [0, 0.1) is 0 Å². The fourth-order valence-corrected chi connectivity index (χ4v) is 3.22. The van der Waals surface area contributed by atoms with E-state index in [-0.39, 0.29) is 5.91 Å². The molecular weight excluding hydrogens is 338 g/mol. The molecule has 1 N–H and O–H groups in total. The summed E-state index contributed by atoms with van der Waals surface area (Å²) in [5, 5.41) is 7.17. The van der Waals surface area contributed by atoms with E-state index in [0.717, 1.165) is 32.0 Å². The van der Waals surface area contributed by atoms with Gasteiger partial charge in [0.1, 0.15) is 4.88 Å². The first kappa shape index (κ1) is 15.0. The van der Waals surface area contributed by atoms with Crippen molar-refractivity contribution in [2.45, 2.75) is 9.79 Å². The average molecular weight is 348 g/mol. The minimum Gasteiger partial charge on any atom is -0.321 e. The van der Waals surface area contributed by atoms with Crippen molar-refractivity contribution in [1.29, 1.82) is 0 Å². The van der Waals surface area contributed by atoms with E-state index in [9.17, 15) is 4.79 Å². The number of carbonyl (C=O) groups excluding carboxylic acids is 1. The van der Waals surface area contributed by atoms with Crippen LogP contribution < -0.4 is 5.32 Å². The summed E-state index contributed by atoms with van der Waals surface area (Å²) in [4.78, 5) is 14.4. The highest BCUT2D eigenvalue weighted by molar-refractivity contribution is 7.99. The monoisotopic (exact) mass is 347 g/mol. The second kappa shape index (κ2) is 6.91. The molecule has 7 heteroatoms. The molecule has 0 saturated carbocycles. The topological polar surface area (TPSA) is 54.9 Å². The van der Waals surface area contributed by atoms with Gasteiger partial charge >= 0.3 is 0 Å². The molecule has 0 unspecified atom stereocenters. The lowest BCUT2D eigenvalue weighted by Gasteiger charge is -2.06. The molecule has 0 fully saturated rings. The van der Waals surface area contributed by atoms with Gasteiger partial charge in [-0.25, -0.2) is 0 Å². The number of benzene rings is 2. The number of rotatable bonds is 4. The lowest BCUT2D eigenvalue weighted by Crippen LogP contribution is -2.09. The van der Waals surface area contributed by atoms with Gasteiger partial charge in [0.15, 0.2) is 0 Å². The van der Waals surface area contributed by atoms with Crippen molar-refractivity contribution in [3.8, 4) is 0 Å². The van der Waals surface area contributed by atoms with Crippen LogP contribution in [0.4, 0.5) is 5.69 Å². The number of halogens is 1. The second-order valence-corrected chi connectivity index (χ2v) is 6.60. The molecular formula is C15H10ClN3OS2. The minimum atomic E-state index is -0.207. The second-order valence-electron chi connectivity index (χ2n) is 4.29. The number of hydrogen-bond acceptors (Lipinski definition) is 5. The number of anilines is 1. The molecule has 2 aromatic carbocycles. The lowest BCUT2D eigenvalue weighted by atomic mass is 10.3. The van der Waals surface area contributed by atoms with Gasteiger partial charge in [0.2, 0.25) is 0 Å². The molecule has 0 aliphatic carbocycles. The molecule has 1 heterocycles. The van der Waals surface area contributed by atoms with Crippen LogP contribution >= 0.6 is 34.9 Å². The summed E-state index contributed by atoms with van der Waals surface area (Å²) in [6.45, 7) is 0. The number of amides is 1. The standard InChI is InChI=1S/C15H10ClN3OS2/c16-12-3-1-2-4-13(12)21-11-7-5-10(6-8-11)18-15(20)14-9-17-19-22-14/h1-9H,(H,18,20). The van der Waals surface area contributed by atoms with E-state index < -0.39 is 0 Å². The number of aromatic nitrogens is 2. The summed E-state index contributed by atoms with van der Waals surface area (Å²) in [7, 11) is 0. The van der Waals surface area contributed by atoms with Gasteiger partial charge in [0.05, 0.1) is 11.2 Å². The van der Waals surface area contributed by atoms with Crippen molar-refractivity contribution in [1.82, 2.24) is 9.59 Å². The van der Waals surface area contributed by atoms with E-state index in [0.29, 0.717) is 4.88 Å². The Bertz CT molecular complexity index is 776. The van der Waals surface area contributed by atoms with E-state index in [2.05, 4.69) is 14.9 Å². The Morgan fingerprint density at radius 3 is 2.59 bits per heavy atom. The third-order valence-corrected chi connectivity index (χ3v) is 4.95. The first-order valence-electron chi connectivity index (χ1n) is 6.33. The van der Waals surface area contributed by atoms with Gasteiger partial charge in [0.25, 0.3) is 5.91 Å². The highest BCUT2D eigenvalue weighted by Crippen LogP contribution is 2.33. The first-order valence-corrected chi connectivity index (χ1v) is 8.30. The summed E-state index contributed by atoms with van der Waals surface area (Å²) >= 11 is 8.78. The predicted octanol–water partition coefficient (Wildman–Crippen LogP) is 4.60. The van der Waals surface area contributed by atoms with E-state index in [4.69, 9.17) is 11.6 Å². The van der Waals surface area contributed by atoms with Crippen molar-refractivity contribution >= 4 is 46.5 Å². The molecule has 0 aliphatic heterocycles. The molecule has 4 nitrogen and oxygen atoms in total. The van der Waals surface area contributed by atoms with Crippen LogP contribution in [0.2, 0.25) is 5.02 Å². The average Bonchev–Trinajstić information content (AvgIpc) is 3.06. The minimum absolute atomic E-state index is 0.207. The quantitative estimate of drug-likeness (QED) is 0.749. The zero-order valence-electron chi connectivity index (χ0n) is 11.2. The zero-order chi connectivity index (χ0) is 15.4. The zero-order valence-corrected chi connectivity index (χ0v) is 13.6. The Balaban J connectivity index is 1.68. The van der Waals surface area contributed by atoms with Gasteiger partial charge in [-0.1, -0.05) is 40.0 Å². The molecule has 1 aromatic heterocycles. The number of nitrogens with zero attached hydrogens (tertiary/aromatic N) is 2. The van der Waals surface area contributed by atoms with Gasteiger partial charge in [0, 0.05) is 15.5 Å². The number of hydrogen-bond donors (Lipinski definition) is 1. The third-order valence-electron chi connectivity index (χ3n) is 2.76. The molecule has 0 aliphatic rings. The number of nitrogens with one attached hydrogen (secondary N) is 1. The lowest BCUT2D eigenvalue weighted by molar-refractivity contribution is 0.103. The van der Waals surface area contributed by atoms with Crippen LogP contribution in [-0.2, 0) is 0 Å². The van der Waals surface area contributed by atoms with Gasteiger partial charge in [-0.3, -0.25) is 4.79 Å². The molecule has 3 aromatic rings. The largest absolute Gasteiger partial charge is 0.321 e. The summed E-state index contributed by atoms with van der Waals surface area (Å²) in [5.74, 6) is -0.207. The van der Waals surface area contributed by atoms with Crippen molar-refractivity contribution in [2.24, 2.45) is 0 Å². The molecule has 0 atom stereocenters. The van der Waals surface area contributed by atoms with Crippen LogP contribution in [0.25, 0.3) is 0 Å². The summed E-state index contributed by atoms with van der Waals surface area (Å²) in [6, 6.07) is 15.3. The van der Waals surface area contributed by atoms with Crippen molar-refractivity contribution in [3.63, 3.8) is 0 Å². The highest BCUT2D eigenvalue weighted by atomic mass is 35.5. The molecule has 0 bridgehead atoms. The van der Waals surface area contributed by atoms with Crippen LogP contribution in [0.3, 0.4) is 0 Å². The maximum atomic E-state index is 11.9. The summed E-state index contributed by atoms with van der Waals surface area (Å²) in [5.41, 5.74) is 0.724. The Morgan fingerprint density at radius 2 is 1.91 bits per heavy atom. The van der Waals surface area contributed by atoms with Crippen LogP contribution in [-0.4, -0.2) is 15.5 Å². The van der Waals surface area contributed by atoms with E-state index in [1.807, 2.05) is 48.5 Å². The van der Waals surface area contributed by atoms with Crippen molar-refractivity contribution in [3.05, 3.63) is 64.6 Å². The maximum absolute atomic E-state index is 11.9. The smallest absolute Gasteiger partial charge is 0.269 e. The van der Waals surface area contributed by atoms with E-state index in [1.54, 1.807) is 11.8 Å². The molecule has 22 heavy (non-hydrogen) atoms. The highest BCUT2D eigenvalue weighted by Gasteiger charge is 2.08. The van der Waals surface area contributed by atoms with Gasteiger partial charge < -0.3 is 5.32 Å². The molecule has 1 amide bonds. The normalized spacial score (nSPS) is 10.4. The Hall–Kier alpha value is -1.89. The Labute approximate surface area is 140 Å². The molecule has 0 radical (unpaired) electrons. The van der Waals surface area contributed by atoms with Crippen molar-refractivity contribution < 1.29 is 4.79 Å². The van der Waals surface area contributed by atoms with Crippen LogP contribution in [0.1, 0.15) is 9.67 Å². The van der Waals surface area contributed by atoms with E-state index in [1.165, 1.54) is 6.20 Å². The molecule has 0 saturated heterocycles. The third kappa shape index (κ3) is 3.65. The van der Waals surface area contributed by atoms with E-state index >= 15 is 0 Å².